The van der Waals surface area contributed by atoms with E-state index in [-0.39, 0.29) is 23.9 Å². The van der Waals surface area contributed by atoms with Crippen molar-refractivity contribution < 1.29 is 27.4 Å². The average Bonchev–Trinajstić information content (AvgIpc) is 2.99. The van der Waals surface area contributed by atoms with Crippen LogP contribution in [-0.4, -0.2) is 30.1 Å². The van der Waals surface area contributed by atoms with E-state index in [1.807, 2.05) is 6.07 Å². The highest BCUT2D eigenvalue weighted by atomic mass is 19.4. The summed E-state index contributed by atoms with van der Waals surface area (Å²) in [5.74, 6) is -0.0285. The molecule has 0 radical (unpaired) electrons. The van der Waals surface area contributed by atoms with Gasteiger partial charge in [0.15, 0.2) is 0 Å². The molecule has 1 aromatic carbocycles. The number of methoxy groups -OCH3 is 1. The summed E-state index contributed by atoms with van der Waals surface area (Å²) < 4.78 is 52.6. The van der Waals surface area contributed by atoms with E-state index in [0.29, 0.717) is 28.1 Å². The highest BCUT2D eigenvalue weighted by Gasteiger charge is 2.34. The van der Waals surface area contributed by atoms with Gasteiger partial charge in [-0.25, -0.2) is 0 Å². The van der Waals surface area contributed by atoms with Crippen molar-refractivity contribution in [2.75, 3.05) is 13.7 Å². The van der Waals surface area contributed by atoms with E-state index in [1.165, 1.54) is 7.11 Å². The Morgan fingerprint density at radius 2 is 2.14 bits per heavy atom. The molecule has 1 atom stereocenters. The van der Waals surface area contributed by atoms with Gasteiger partial charge in [-0.3, -0.25) is 5.10 Å². The molecule has 3 N–H and O–H groups in total. The number of nitrogens with two attached hydrogens (primary N) is 1. The molecule has 2 heterocycles. The molecule has 1 aromatic heterocycles. The molecule has 0 amide bonds. The van der Waals surface area contributed by atoms with Crippen molar-refractivity contribution in [1.29, 1.82) is 5.26 Å². The molecular weight excluding hydrogens is 377 g/mol. The predicted molar refractivity (Wildman–Crippen MR) is 91.3 cm³/mol. The number of allylic oxidation sites excluding steroid dienone is 1. The molecule has 0 saturated carbocycles. The number of benzene rings is 1. The van der Waals surface area contributed by atoms with E-state index in [4.69, 9.17) is 19.9 Å². The van der Waals surface area contributed by atoms with Gasteiger partial charge in [0.05, 0.1) is 19.6 Å². The minimum atomic E-state index is -4.43. The number of halogens is 3. The molecule has 28 heavy (non-hydrogen) atoms. The molecular formula is C18H17F3N4O3. The number of hydrogen-bond donors (Lipinski definition) is 2. The van der Waals surface area contributed by atoms with Crippen LogP contribution in [0.1, 0.15) is 28.3 Å². The van der Waals surface area contributed by atoms with Gasteiger partial charge in [0.1, 0.15) is 24.0 Å². The van der Waals surface area contributed by atoms with Gasteiger partial charge in [-0.1, -0.05) is 6.07 Å². The van der Waals surface area contributed by atoms with Crippen molar-refractivity contribution in [3.63, 3.8) is 0 Å². The topological polar surface area (TPSA) is 106 Å². The van der Waals surface area contributed by atoms with Crippen LogP contribution in [0.5, 0.6) is 11.6 Å². The maximum atomic E-state index is 12.4. The number of nitrogens with one attached hydrogen (secondary N) is 1. The lowest BCUT2D eigenvalue weighted by atomic mass is 9.83. The minimum absolute atomic E-state index is 0.0720. The second-order valence-electron chi connectivity index (χ2n) is 6.17. The Bertz CT molecular complexity index is 960. The van der Waals surface area contributed by atoms with Crippen molar-refractivity contribution in [2.24, 2.45) is 5.73 Å². The van der Waals surface area contributed by atoms with Gasteiger partial charge < -0.3 is 19.9 Å². The normalized spacial score (nSPS) is 16.4. The third-order valence-corrected chi connectivity index (χ3v) is 4.29. The number of hydrogen-bond acceptors (Lipinski definition) is 6. The van der Waals surface area contributed by atoms with Crippen molar-refractivity contribution in [1.82, 2.24) is 10.2 Å². The average molecular weight is 394 g/mol. The quantitative estimate of drug-likeness (QED) is 0.808. The van der Waals surface area contributed by atoms with Crippen LogP contribution >= 0.6 is 0 Å². The molecule has 10 heteroatoms. The van der Waals surface area contributed by atoms with Crippen molar-refractivity contribution in [3.05, 3.63) is 52.0 Å². The maximum Gasteiger partial charge on any atom is 0.411 e. The van der Waals surface area contributed by atoms with Crippen LogP contribution in [0.3, 0.4) is 0 Å². The van der Waals surface area contributed by atoms with Crippen LogP contribution in [-0.2, 0) is 11.3 Å². The number of aromatic nitrogens is 2. The molecule has 1 aliphatic heterocycles. The zero-order valence-corrected chi connectivity index (χ0v) is 15.1. The number of aromatic amines is 1. The number of fused-ring (bicyclic) bond motifs is 1. The number of aryl methyl sites for hydroxylation is 1. The summed E-state index contributed by atoms with van der Waals surface area (Å²) in [4.78, 5) is 0. The van der Waals surface area contributed by atoms with E-state index >= 15 is 0 Å². The van der Waals surface area contributed by atoms with Crippen LogP contribution in [0.25, 0.3) is 0 Å². The molecule has 148 valence electrons. The smallest absolute Gasteiger partial charge is 0.411 e. The van der Waals surface area contributed by atoms with Crippen LogP contribution in [0.4, 0.5) is 13.2 Å². The summed E-state index contributed by atoms with van der Waals surface area (Å²) in [6.07, 6.45) is -4.43. The number of nitriles is 1. The largest absolute Gasteiger partial charge is 0.496 e. The van der Waals surface area contributed by atoms with E-state index in [1.54, 1.807) is 25.1 Å². The Kier molecular flexibility index (Phi) is 5.20. The van der Waals surface area contributed by atoms with Crippen LogP contribution in [0.2, 0.25) is 0 Å². The lowest BCUT2D eigenvalue weighted by Crippen LogP contribution is -2.21. The molecule has 0 fully saturated rings. The molecule has 7 nitrogen and oxygen atoms in total. The first-order chi connectivity index (χ1) is 13.2. The number of H-pyrrole nitrogens is 1. The molecule has 3 rings (SSSR count). The third kappa shape index (κ3) is 3.75. The van der Waals surface area contributed by atoms with Gasteiger partial charge in [0, 0.05) is 16.8 Å². The second-order valence-corrected chi connectivity index (χ2v) is 6.17. The highest BCUT2D eigenvalue weighted by molar-refractivity contribution is 5.56. The summed E-state index contributed by atoms with van der Waals surface area (Å²) in [7, 11) is 1.41. The molecule has 0 unspecified atom stereocenters. The van der Waals surface area contributed by atoms with E-state index in [0.717, 1.165) is 0 Å². The van der Waals surface area contributed by atoms with Crippen LogP contribution in [0.15, 0.2) is 29.7 Å². The summed E-state index contributed by atoms with van der Waals surface area (Å²) in [6, 6.07) is 7.00. The van der Waals surface area contributed by atoms with Gasteiger partial charge in [0.2, 0.25) is 11.8 Å². The summed E-state index contributed by atoms with van der Waals surface area (Å²) >= 11 is 0. The van der Waals surface area contributed by atoms with Gasteiger partial charge in [-0.15, -0.1) is 5.10 Å². The minimum Gasteiger partial charge on any atom is -0.496 e. The molecule has 0 spiro atoms. The molecule has 2 aromatic rings. The predicted octanol–water partition coefficient (Wildman–Crippen LogP) is 3.02. The van der Waals surface area contributed by atoms with Crippen molar-refractivity contribution in [3.8, 4) is 17.7 Å². The van der Waals surface area contributed by atoms with E-state index in [2.05, 4.69) is 10.2 Å². The summed E-state index contributed by atoms with van der Waals surface area (Å²) in [6.45, 7) is 0.0898. The van der Waals surface area contributed by atoms with E-state index in [9.17, 15) is 18.4 Å². The lowest BCUT2D eigenvalue weighted by Gasteiger charge is -2.24. The lowest BCUT2D eigenvalue weighted by molar-refractivity contribution is -0.176. The summed E-state index contributed by atoms with van der Waals surface area (Å²) in [5.41, 5.74) is 8.41. The molecule has 0 saturated heterocycles. The van der Waals surface area contributed by atoms with Gasteiger partial charge in [-0.05, 0) is 24.6 Å². The zero-order valence-electron chi connectivity index (χ0n) is 15.1. The molecule has 0 bridgehead atoms. The fraction of sp³-hybridized carbons (Fsp3) is 0.333. The second kappa shape index (κ2) is 7.44. The Morgan fingerprint density at radius 3 is 2.79 bits per heavy atom. The van der Waals surface area contributed by atoms with E-state index < -0.39 is 18.7 Å². The number of rotatable bonds is 5. The Hall–Kier alpha value is -3.19. The molecule has 0 aliphatic carbocycles. The Labute approximate surface area is 158 Å². The fourth-order valence-electron chi connectivity index (χ4n) is 3.10. The Balaban J connectivity index is 2.02. The monoisotopic (exact) mass is 394 g/mol. The Morgan fingerprint density at radius 1 is 1.39 bits per heavy atom. The zero-order chi connectivity index (χ0) is 20.5. The van der Waals surface area contributed by atoms with Crippen molar-refractivity contribution in [2.45, 2.75) is 25.6 Å². The third-order valence-electron chi connectivity index (χ3n) is 4.29. The number of nitrogens with zero attached hydrogens (tertiary/aromatic N) is 2. The fourth-order valence-corrected chi connectivity index (χ4v) is 3.10. The number of ether oxygens (including phenoxy) is 3. The maximum absolute atomic E-state index is 12.4. The number of alkyl halides is 3. The first-order valence-electron chi connectivity index (χ1n) is 8.19. The standard InChI is InChI=1S/C18H17F3N4O3/c1-9-14-15(12(6-22)16(23)28-17(14)25-24-9)10-3-4-13(26-2)11(5-10)7-27-8-18(19,20)21/h3-5,15H,7-8,23H2,1-2H3,(H,24,25)/t15-/m0/s1. The molecule has 1 aliphatic rings. The van der Waals surface area contributed by atoms with Gasteiger partial charge in [-0.2, -0.15) is 18.4 Å². The van der Waals surface area contributed by atoms with Gasteiger partial charge >= 0.3 is 6.18 Å². The first-order valence-corrected chi connectivity index (χ1v) is 8.19. The first kappa shape index (κ1) is 19.6. The van der Waals surface area contributed by atoms with Crippen LogP contribution in [0, 0.1) is 18.3 Å². The highest BCUT2D eigenvalue weighted by Crippen LogP contribution is 2.43. The SMILES string of the molecule is COc1ccc([C@H]2C(C#N)=C(N)Oc3n[nH]c(C)c32)cc1COCC(F)(F)F. The summed E-state index contributed by atoms with van der Waals surface area (Å²) in [5, 5.41) is 16.4. The van der Waals surface area contributed by atoms with Gasteiger partial charge in [0.25, 0.3) is 0 Å². The van der Waals surface area contributed by atoms with Crippen LogP contribution < -0.4 is 15.2 Å². The van der Waals surface area contributed by atoms with Crippen molar-refractivity contribution >= 4 is 0 Å².